The van der Waals surface area contributed by atoms with Crippen LogP contribution in [0.3, 0.4) is 0 Å². The Morgan fingerprint density at radius 3 is 2.74 bits per heavy atom. The summed E-state index contributed by atoms with van der Waals surface area (Å²) in [5.74, 6) is 0. The Labute approximate surface area is 156 Å². The summed E-state index contributed by atoms with van der Waals surface area (Å²) in [6, 6.07) is 13.6. The Hall–Kier alpha value is -2.86. The fourth-order valence-electron chi connectivity index (χ4n) is 3.83. The molecule has 6 heteroatoms. The van der Waals surface area contributed by atoms with E-state index in [4.69, 9.17) is 9.15 Å². The van der Waals surface area contributed by atoms with Gasteiger partial charge in [-0.15, -0.1) is 0 Å². The monoisotopic (exact) mass is 367 g/mol. The molecule has 3 aromatic rings. The predicted octanol–water partition coefficient (Wildman–Crippen LogP) is 1.80. The number of piperazine rings is 1. The molecule has 2 aromatic carbocycles. The van der Waals surface area contributed by atoms with Crippen LogP contribution in [0.5, 0.6) is 0 Å². The summed E-state index contributed by atoms with van der Waals surface area (Å²) in [4.78, 5) is 27.0. The first-order chi connectivity index (χ1) is 13.2. The van der Waals surface area contributed by atoms with E-state index in [1.165, 1.54) is 4.90 Å². The van der Waals surface area contributed by atoms with Crippen LogP contribution in [-0.4, -0.2) is 43.8 Å². The minimum absolute atomic E-state index is 0.242. The second-order valence-electron chi connectivity index (χ2n) is 6.86. The standard InChI is InChI=1S/C21H22N2O4/c1-2-26-21(25)23-11-9-22(10-12-23)14-16-13-19(24)27-18-8-7-15-5-3-4-6-17(15)20(16)18/h3-8,13H,2,9-12,14H2,1H3/p+1. The highest BCUT2D eigenvalue weighted by atomic mass is 16.6. The van der Waals surface area contributed by atoms with Gasteiger partial charge in [0.15, 0.2) is 0 Å². The van der Waals surface area contributed by atoms with E-state index in [0.29, 0.717) is 25.3 Å². The first kappa shape index (κ1) is 17.5. The van der Waals surface area contributed by atoms with E-state index in [-0.39, 0.29) is 11.7 Å². The van der Waals surface area contributed by atoms with E-state index >= 15 is 0 Å². The lowest BCUT2D eigenvalue weighted by atomic mass is 10.0. The lowest BCUT2D eigenvalue weighted by molar-refractivity contribution is -0.917. The zero-order valence-corrected chi connectivity index (χ0v) is 15.4. The number of rotatable bonds is 3. The quantitative estimate of drug-likeness (QED) is 0.566. The molecule has 4 rings (SSSR count). The van der Waals surface area contributed by atoms with Crippen molar-refractivity contribution in [3.8, 4) is 0 Å². The molecular formula is C21H23N2O4+. The van der Waals surface area contributed by atoms with Crippen molar-refractivity contribution >= 4 is 27.8 Å². The molecular weight excluding hydrogens is 344 g/mol. The molecule has 0 unspecified atom stereocenters. The summed E-state index contributed by atoms with van der Waals surface area (Å²) >= 11 is 0. The number of hydrogen-bond donors (Lipinski definition) is 1. The molecule has 6 nitrogen and oxygen atoms in total. The van der Waals surface area contributed by atoms with E-state index in [1.54, 1.807) is 11.0 Å². The van der Waals surface area contributed by atoms with Crippen LogP contribution in [0.1, 0.15) is 12.5 Å². The third-order valence-corrected chi connectivity index (χ3v) is 5.15. The molecule has 1 saturated heterocycles. The lowest BCUT2D eigenvalue weighted by Crippen LogP contribution is -3.13. The van der Waals surface area contributed by atoms with E-state index < -0.39 is 0 Å². The van der Waals surface area contributed by atoms with Crippen LogP contribution in [0.25, 0.3) is 21.7 Å². The Balaban J connectivity index is 1.62. The number of amides is 1. The number of carbonyl (C=O) groups excluding carboxylic acids is 1. The van der Waals surface area contributed by atoms with Crippen LogP contribution in [0.2, 0.25) is 0 Å². The topological polar surface area (TPSA) is 64.2 Å². The van der Waals surface area contributed by atoms with Gasteiger partial charge in [-0.05, 0) is 23.8 Å². The number of ether oxygens (including phenoxy) is 1. The van der Waals surface area contributed by atoms with Gasteiger partial charge in [0.2, 0.25) is 0 Å². The van der Waals surface area contributed by atoms with Gasteiger partial charge in [0, 0.05) is 17.0 Å². The van der Waals surface area contributed by atoms with Crippen molar-refractivity contribution in [2.24, 2.45) is 0 Å². The minimum atomic E-state index is -0.322. The molecule has 1 aliphatic heterocycles. The normalized spacial score (nSPS) is 15.4. The van der Waals surface area contributed by atoms with E-state index in [2.05, 4.69) is 12.1 Å². The van der Waals surface area contributed by atoms with Crippen molar-refractivity contribution in [1.29, 1.82) is 0 Å². The highest BCUT2D eigenvalue weighted by Crippen LogP contribution is 2.27. The fourth-order valence-corrected chi connectivity index (χ4v) is 3.83. The number of nitrogens with one attached hydrogen (secondary N) is 1. The van der Waals surface area contributed by atoms with Crippen molar-refractivity contribution in [3.63, 3.8) is 0 Å². The van der Waals surface area contributed by atoms with Crippen molar-refractivity contribution in [2.45, 2.75) is 13.5 Å². The molecule has 140 valence electrons. The Bertz CT molecular complexity index is 1040. The van der Waals surface area contributed by atoms with Crippen LogP contribution in [0, 0.1) is 0 Å². The second kappa shape index (κ2) is 7.40. The predicted molar refractivity (Wildman–Crippen MR) is 103 cm³/mol. The maximum absolute atomic E-state index is 12.0. The number of nitrogens with zero attached hydrogens (tertiary/aromatic N) is 1. The smallest absolute Gasteiger partial charge is 0.410 e. The third-order valence-electron chi connectivity index (χ3n) is 5.15. The Kier molecular flexibility index (Phi) is 4.81. The van der Waals surface area contributed by atoms with Crippen molar-refractivity contribution in [1.82, 2.24) is 4.90 Å². The zero-order chi connectivity index (χ0) is 18.8. The van der Waals surface area contributed by atoms with Crippen molar-refractivity contribution < 1.29 is 18.8 Å². The number of benzene rings is 2. The molecule has 1 fully saturated rings. The molecule has 0 saturated carbocycles. The highest BCUT2D eigenvalue weighted by Gasteiger charge is 2.25. The van der Waals surface area contributed by atoms with Crippen LogP contribution in [0.15, 0.2) is 51.7 Å². The molecule has 1 amide bonds. The highest BCUT2D eigenvalue weighted by molar-refractivity contribution is 6.06. The summed E-state index contributed by atoms with van der Waals surface area (Å²) < 4.78 is 10.5. The Morgan fingerprint density at radius 1 is 1.19 bits per heavy atom. The van der Waals surface area contributed by atoms with Gasteiger partial charge in [-0.1, -0.05) is 30.3 Å². The van der Waals surface area contributed by atoms with Gasteiger partial charge in [0.25, 0.3) is 0 Å². The van der Waals surface area contributed by atoms with Gasteiger partial charge in [-0.25, -0.2) is 9.59 Å². The fraction of sp³-hybridized carbons (Fsp3) is 0.333. The maximum atomic E-state index is 12.0. The van der Waals surface area contributed by atoms with Crippen LogP contribution in [0.4, 0.5) is 4.79 Å². The molecule has 0 atom stereocenters. The van der Waals surface area contributed by atoms with Crippen LogP contribution >= 0.6 is 0 Å². The van der Waals surface area contributed by atoms with Crippen LogP contribution in [-0.2, 0) is 11.3 Å². The summed E-state index contributed by atoms with van der Waals surface area (Å²) in [5, 5.41) is 3.23. The largest absolute Gasteiger partial charge is 0.450 e. The average molecular weight is 367 g/mol. The summed E-state index contributed by atoms with van der Waals surface area (Å²) in [6.45, 7) is 5.91. The molecule has 0 aliphatic carbocycles. The first-order valence-electron chi connectivity index (χ1n) is 9.35. The summed E-state index contributed by atoms with van der Waals surface area (Å²) in [7, 11) is 0. The van der Waals surface area contributed by atoms with Gasteiger partial charge in [0.05, 0.1) is 32.8 Å². The number of quaternary nitrogens is 1. The zero-order valence-electron chi connectivity index (χ0n) is 15.4. The second-order valence-corrected chi connectivity index (χ2v) is 6.86. The molecule has 0 radical (unpaired) electrons. The average Bonchev–Trinajstić information content (AvgIpc) is 2.68. The molecule has 0 bridgehead atoms. The van der Waals surface area contributed by atoms with Crippen LogP contribution < -0.4 is 10.5 Å². The SMILES string of the molecule is CCOC(=O)N1CC[NH+](Cc2cc(=O)oc3ccc4ccccc4c23)CC1. The van der Waals surface area contributed by atoms with Crippen molar-refractivity contribution in [2.75, 3.05) is 32.8 Å². The molecule has 1 aliphatic rings. The maximum Gasteiger partial charge on any atom is 0.410 e. The van der Waals surface area contributed by atoms with Gasteiger partial charge in [-0.2, -0.15) is 0 Å². The molecule has 1 aromatic heterocycles. The summed E-state index contributed by atoms with van der Waals surface area (Å²) in [5.41, 5.74) is 1.30. The molecule has 0 spiro atoms. The number of carbonyl (C=O) groups is 1. The lowest BCUT2D eigenvalue weighted by Gasteiger charge is -2.31. The van der Waals surface area contributed by atoms with E-state index in [0.717, 1.165) is 41.4 Å². The van der Waals surface area contributed by atoms with Crippen molar-refractivity contribution in [3.05, 3.63) is 58.4 Å². The number of fused-ring (bicyclic) bond motifs is 3. The molecule has 1 N–H and O–H groups in total. The third kappa shape index (κ3) is 3.53. The first-order valence-corrected chi connectivity index (χ1v) is 9.35. The van der Waals surface area contributed by atoms with E-state index in [9.17, 15) is 9.59 Å². The summed E-state index contributed by atoms with van der Waals surface area (Å²) in [6.07, 6.45) is -0.242. The van der Waals surface area contributed by atoms with E-state index in [1.807, 2.05) is 31.2 Å². The Morgan fingerprint density at radius 2 is 1.96 bits per heavy atom. The van der Waals surface area contributed by atoms with Gasteiger partial charge >= 0.3 is 11.7 Å². The molecule has 27 heavy (non-hydrogen) atoms. The van der Waals surface area contributed by atoms with Gasteiger partial charge < -0.3 is 14.1 Å². The van der Waals surface area contributed by atoms with Gasteiger partial charge in [0.1, 0.15) is 12.1 Å². The number of hydrogen-bond acceptors (Lipinski definition) is 4. The molecule has 2 heterocycles. The minimum Gasteiger partial charge on any atom is -0.450 e. The van der Waals surface area contributed by atoms with Gasteiger partial charge in [-0.3, -0.25) is 4.90 Å².